The molecule has 2 aromatic rings. The maximum Gasteiger partial charge on any atom is 0.227 e. The zero-order chi connectivity index (χ0) is 14.2. The van der Waals surface area contributed by atoms with E-state index in [1.54, 1.807) is 11.8 Å². The van der Waals surface area contributed by atoms with Gasteiger partial charge in [0.2, 0.25) is 5.91 Å². The molecule has 0 radical (unpaired) electrons. The second kappa shape index (κ2) is 7.60. The van der Waals surface area contributed by atoms with Gasteiger partial charge >= 0.3 is 0 Å². The highest BCUT2D eigenvalue weighted by Crippen LogP contribution is 2.24. The van der Waals surface area contributed by atoms with Crippen LogP contribution < -0.4 is 10.1 Å². The lowest BCUT2D eigenvalue weighted by Gasteiger charge is -2.09. The number of amides is 1. The number of carbonyl (C=O) groups excluding carboxylic acids is 1. The summed E-state index contributed by atoms with van der Waals surface area (Å²) in [5.41, 5.74) is 0.852. The van der Waals surface area contributed by atoms with E-state index in [0.717, 1.165) is 16.3 Å². The predicted octanol–water partition coefficient (Wildman–Crippen LogP) is 3.82. The van der Waals surface area contributed by atoms with Crippen LogP contribution in [0.1, 0.15) is 6.42 Å². The molecule has 0 unspecified atom stereocenters. The van der Waals surface area contributed by atoms with E-state index < -0.39 is 0 Å². The molecular weight excluding hydrogens is 270 g/mol. The van der Waals surface area contributed by atoms with Gasteiger partial charge in [-0.05, 0) is 30.5 Å². The van der Waals surface area contributed by atoms with Crippen LogP contribution in [-0.4, -0.2) is 18.8 Å². The van der Waals surface area contributed by atoms with E-state index in [-0.39, 0.29) is 5.91 Å². The standard InChI is InChI=1S/C16H17NO2S/c1-20-15-10-6-5-9-14(15)17-16(18)11-12-19-13-7-3-2-4-8-13/h2-10H,11-12H2,1H3,(H,17,18). The lowest BCUT2D eigenvalue weighted by molar-refractivity contribution is -0.116. The number of ether oxygens (including phenoxy) is 1. The minimum Gasteiger partial charge on any atom is -0.493 e. The smallest absolute Gasteiger partial charge is 0.227 e. The highest BCUT2D eigenvalue weighted by Gasteiger charge is 2.06. The molecule has 0 saturated heterocycles. The Morgan fingerprint density at radius 2 is 1.80 bits per heavy atom. The van der Waals surface area contributed by atoms with Gasteiger partial charge in [0.15, 0.2) is 0 Å². The first-order chi connectivity index (χ1) is 9.79. The molecule has 0 aliphatic rings. The fourth-order valence-electron chi connectivity index (χ4n) is 1.74. The lowest BCUT2D eigenvalue weighted by atomic mass is 10.3. The number of para-hydroxylation sites is 2. The molecule has 2 rings (SSSR count). The van der Waals surface area contributed by atoms with Crippen molar-refractivity contribution in [3.63, 3.8) is 0 Å². The van der Waals surface area contributed by atoms with Gasteiger partial charge in [-0.25, -0.2) is 0 Å². The first-order valence-electron chi connectivity index (χ1n) is 6.40. The summed E-state index contributed by atoms with van der Waals surface area (Å²) in [5.74, 6) is 0.743. The molecule has 0 saturated carbocycles. The summed E-state index contributed by atoms with van der Waals surface area (Å²) in [6.07, 6.45) is 2.32. The third kappa shape index (κ3) is 4.31. The SMILES string of the molecule is CSc1ccccc1NC(=O)CCOc1ccccc1. The molecule has 0 bridgehead atoms. The molecule has 1 amide bonds. The maximum absolute atomic E-state index is 11.9. The van der Waals surface area contributed by atoms with Crippen LogP contribution in [-0.2, 0) is 4.79 Å². The van der Waals surface area contributed by atoms with Gasteiger partial charge in [-0.3, -0.25) is 4.79 Å². The number of carbonyl (C=O) groups is 1. The van der Waals surface area contributed by atoms with Gasteiger partial charge in [0, 0.05) is 4.90 Å². The molecular formula is C16H17NO2S. The fourth-order valence-corrected chi connectivity index (χ4v) is 2.29. The third-order valence-electron chi connectivity index (χ3n) is 2.72. The van der Waals surface area contributed by atoms with Gasteiger partial charge in [0.1, 0.15) is 5.75 Å². The molecule has 0 aliphatic heterocycles. The van der Waals surface area contributed by atoms with Crippen molar-refractivity contribution >= 4 is 23.4 Å². The Bertz CT molecular complexity index is 557. The van der Waals surface area contributed by atoms with Crippen LogP contribution in [0.4, 0.5) is 5.69 Å². The van der Waals surface area contributed by atoms with Gasteiger partial charge in [0.05, 0.1) is 18.7 Å². The highest BCUT2D eigenvalue weighted by atomic mass is 32.2. The predicted molar refractivity (Wildman–Crippen MR) is 83.4 cm³/mol. The molecule has 104 valence electrons. The molecule has 0 aliphatic carbocycles. The Kier molecular flexibility index (Phi) is 5.50. The van der Waals surface area contributed by atoms with Crippen molar-refractivity contribution in [2.75, 3.05) is 18.2 Å². The molecule has 1 N–H and O–H groups in total. The van der Waals surface area contributed by atoms with Crippen LogP contribution in [0.2, 0.25) is 0 Å². The second-order valence-electron chi connectivity index (χ2n) is 4.16. The van der Waals surface area contributed by atoms with Crippen LogP contribution in [0.15, 0.2) is 59.5 Å². The van der Waals surface area contributed by atoms with Crippen molar-refractivity contribution in [1.29, 1.82) is 0 Å². The van der Waals surface area contributed by atoms with Crippen molar-refractivity contribution in [1.82, 2.24) is 0 Å². The van der Waals surface area contributed by atoms with Crippen molar-refractivity contribution < 1.29 is 9.53 Å². The van der Waals surface area contributed by atoms with E-state index in [1.807, 2.05) is 60.9 Å². The summed E-state index contributed by atoms with van der Waals surface area (Å²) in [4.78, 5) is 12.9. The van der Waals surface area contributed by atoms with Crippen LogP contribution in [0.5, 0.6) is 5.75 Å². The van der Waals surface area contributed by atoms with Crippen molar-refractivity contribution in [3.8, 4) is 5.75 Å². The number of hydrogen-bond donors (Lipinski definition) is 1. The molecule has 0 atom stereocenters. The average Bonchev–Trinajstić information content (AvgIpc) is 2.49. The van der Waals surface area contributed by atoms with Gasteiger partial charge in [-0.15, -0.1) is 11.8 Å². The molecule has 4 heteroatoms. The molecule has 0 heterocycles. The largest absolute Gasteiger partial charge is 0.493 e. The van der Waals surface area contributed by atoms with Gasteiger partial charge in [-0.2, -0.15) is 0 Å². The summed E-state index contributed by atoms with van der Waals surface area (Å²) in [5, 5.41) is 2.91. The molecule has 0 fully saturated rings. The Hall–Kier alpha value is -1.94. The maximum atomic E-state index is 11.9. The van der Waals surface area contributed by atoms with Gasteiger partial charge < -0.3 is 10.1 Å². The van der Waals surface area contributed by atoms with Crippen molar-refractivity contribution in [2.45, 2.75) is 11.3 Å². The zero-order valence-electron chi connectivity index (χ0n) is 11.3. The fraction of sp³-hybridized carbons (Fsp3) is 0.188. The van der Waals surface area contributed by atoms with E-state index >= 15 is 0 Å². The molecule has 3 nitrogen and oxygen atoms in total. The molecule has 20 heavy (non-hydrogen) atoms. The Morgan fingerprint density at radius 3 is 2.55 bits per heavy atom. The normalized spacial score (nSPS) is 10.1. The number of thioether (sulfide) groups is 1. The van der Waals surface area contributed by atoms with Crippen molar-refractivity contribution in [2.24, 2.45) is 0 Å². The second-order valence-corrected chi connectivity index (χ2v) is 5.01. The number of anilines is 1. The first kappa shape index (κ1) is 14.5. The molecule has 0 aromatic heterocycles. The van der Waals surface area contributed by atoms with Gasteiger partial charge in [0.25, 0.3) is 0 Å². The minimum atomic E-state index is -0.0394. The summed E-state index contributed by atoms with van der Waals surface area (Å²) in [7, 11) is 0. The first-order valence-corrected chi connectivity index (χ1v) is 7.63. The topological polar surface area (TPSA) is 38.3 Å². The lowest BCUT2D eigenvalue weighted by Crippen LogP contribution is -2.15. The monoisotopic (exact) mass is 287 g/mol. The third-order valence-corrected chi connectivity index (χ3v) is 3.52. The van der Waals surface area contributed by atoms with Crippen LogP contribution in [0.3, 0.4) is 0 Å². The Balaban J connectivity index is 1.81. The zero-order valence-corrected chi connectivity index (χ0v) is 12.2. The highest BCUT2D eigenvalue weighted by molar-refractivity contribution is 7.98. The van der Waals surface area contributed by atoms with Crippen molar-refractivity contribution in [3.05, 3.63) is 54.6 Å². The molecule has 2 aromatic carbocycles. The molecule has 0 spiro atoms. The van der Waals surface area contributed by atoms with E-state index in [1.165, 1.54) is 0 Å². The number of hydrogen-bond acceptors (Lipinski definition) is 3. The summed E-state index contributed by atoms with van der Waals surface area (Å²) in [6, 6.07) is 17.3. The average molecular weight is 287 g/mol. The van der Waals surface area contributed by atoms with Crippen LogP contribution in [0, 0.1) is 0 Å². The van der Waals surface area contributed by atoms with E-state index in [0.29, 0.717) is 13.0 Å². The van der Waals surface area contributed by atoms with E-state index in [9.17, 15) is 4.79 Å². The van der Waals surface area contributed by atoms with Crippen LogP contribution >= 0.6 is 11.8 Å². The minimum absolute atomic E-state index is 0.0394. The van der Waals surface area contributed by atoms with Crippen LogP contribution in [0.25, 0.3) is 0 Å². The van der Waals surface area contributed by atoms with Gasteiger partial charge in [-0.1, -0.05) is 30.3 Å². The summed E-state index contributed by atoms with van der Waals surface area (Å²) < 4.78 is 5.50. The Morgan fingerprint density at radius 1 is 1.10 bits per heavy atom. The quantitative estimate of drug-likeness (QED) is 0.821. The Labute approximate surface area is 123 Å². The van der Waals surface area contributed by atoms with E-state index in [2.05, 4.69) is 5.32 Å². The summed E-state index contributed by atoms with van der Waals surface area (Å²) in [6.45, 7) is 0.372. The number of rotatable bonds is 6. The number of nitrogens with one attached hydrogen (secondary N) is 1. The number of benzene rings is 2. The van der Waals surface area contributed by atoms with E-state index in [4.69, 9.17) is 4.74 Å². The summed E-state index contributed by atoms with van der Waals surface area (Å²) >= 11 is 1.61.